The molecule has 1 heterocycles. The summed E-state index contributed by atoms with van der Waals surface area (Å²) in [6.07, 6.45) is 0. The second-order valence-electron chi connectivity index (χ2n) is 4.52. The van der Waals surface area contributed by atoms with E-state index in [4.69, 9.17) is 4.42 Å². The van der Waals surface area contributed by atoms with Crippen molar-refractivity contribution in [3.8, 4) is 0 Å². The van der Waals surface area contributed by atoms with Crippen LogP contribution in [0.1, 0.15) is 5.56 Å². The molecule has 0 radical (unpaired) electrons. The van der Waals surface area contributed by atoms with Crippen molar-refractivity contribution in [2.75, 3.05) is 5.32 Å². The lowest BCUT2D eigenvalue weighted by Crippen LogP contribution is -2.28. The van der Waals surface area contributed by atoms with Gasteiger partial charge in [0.05, 0.1) is 5.52 Å². The van der Waals surface area contributed by atoms with E-state index in [9.17, 15) is 9.59 Å². The van der Waals surface area contributed by atoms with E-state index in [-0.39, 0.29) is 6.03 Å². The van der Waals surface area contributed by atoms with E-state index in [1.165, 1.54) is 0 Å². The van der Waals surface area contributed by atoms with Gasteiger partial charge in [-0.3, -0.25) is 4.98 Å². The summed E-state index contributed by atoms with van der Waals surface area (Å²) in [5, 5.41) is 5.46. The Kier molecular flexibility index (Phi) is 3.42. The van der Waals surface area contributed by atoms with Crippen molar-refractivity contribution < 1.29 is 9.21 Å². The number of aromatic nitrogens is 1. The number of nitrogens with one attached hydrogen (secondary N) is 3. The lowest BCUT2D eigenvalue weighted by Gasteiger charge is -2.07. The monoisotopic (exact) mass is 283 g/mol. The van der Waals surface area contributed by atoms with Gasteiger partial charge in [0, 0.05) is 12.2 Å². The first-order valence-electron chi connectivity index (χ1n) is 6.42. The summed E-state index contributed by atoms with van der Waals surface area (Å²) in [5.74, 6) is -0.518. The zero-order valence-corrected chi connectivity index (χ0v) is 11.1. The highest BCUT2D eigenvalue weighted by atomic mass is 16.4. The number of urea groups is 1. The zero-order valence-electron chi connectivity index (χ0n) is 11.1. The summed E-state index contributed by atoms with van der Waals surface area (Å²) in [4.78, 5) is 25.4. The minimum absolute atomic E-state index is 0.316. The molecule has 2 amide bonds. The third kappa shape index (κ3) is 3.11. The van der Waals surface area contributed by atoms with Gasteiger partial charge in [-0.1, -0.05) is 30.3 Å². The molecule has 3 N–H and O–H groups in total. The summed E-state index contributed by atoms with van der Waals surface area (Å²) in [6, 6.07) is 14.2. The lowest BCUT2D eigenvalue weighted by atomic mass is 10.2. The van der Waals surface area contributed by atoms with Crippen LogP contribution >= 0.6 is 0 Å². The highest BCUT2D eigenvalue weighted by Crippen LogP contribution is 2.15. The van der Waals surface area contributed by atoms with E-state index < -0.39 is 5.76 Å². The fourth-order valence-electron chi connectivity index (χ4n) is 1.98. The standard InChI is InChI=1S/C15H13N3O3/c19-14(16-9-10-4-2-1-3-5-10)17-11-6-7-13-12(8-11)18-15(20)21-13/h1-8H,9H2,(H,18,20)(H2,16,17,19). The Morgan fingerprint density at radius 3 is 2.76 bits per heavy atom. The number of aromatic amines is 1. The van der Waals surface area contributed by atoms with Crippen LogP contribution in [-0.2, 0) is 6.54 Å². The third-order valence-electron chi connectivity index (χ3n) is 2.97. The van der Waals surface area contributed by atoms with Gasteiger partial charge < -0.3 is 15.1 Å². The molecule has 0 aliphatic rings. The number of carbonyl (C=O) groups is 1. The maximum atomic E-state index is 11.8. The summed E-state index contributed by atoms with van der Waals surface area (Å²) >= 11 is 0. The minimum Gasteiger partial charge on any atom is -0.408 e. The topological polar surface area (TPSA) is 87.1 Å². The van der Waals surface area contributed by atoms with Gasteiger partial charge in [0.25, 0.3) is 0 Å². The molecule has 21 heavy (non-hydrogen) atoms. The zero-order chi connectivity index (χ0) is 14.7. The number of amides is 2. The van der Waals surface area contributed by atoms with Gasteiger partial charge in [0.2, 0.25) is 0 Å². The molecule has 106 valence electrons. The molecule has 6 heteroatoms. The van der Waals surface area contributed by atoms with Crippen molar-refractivity contribution in [2.24, 2.45) is 0 Å². The summed E-state index contributed by atoms with van der Waals surface area (Å²) < 4.78 is 4.89. The smallest absolute Gasteiger partial charge is 0.408 e. The van der Waals surface area contributed by atoms with Crippen LogP contribution in [0.4, 0.5) is 10.5 Å². The SMILES string of the molecule is O=C(NCc1ccccc1)Nc1ccc2oc(=O)[nH]c2c1. The number of H-pyrrole nitrogens is 1. The molecule has 2 aromatic carbocycles. The van der Waals surface area contributed by atoms with Crippen molar-refractivity contribution in [2.45, 2.75) is 6.54 Å². The normalized spacial score (nSPS) is 10.5. The molecule has 0 bridgehead atoms. The number of anilines is 1. The lowest BCUT2D eigenvalue weighted by molar-refractivity contribution is 0.251. The Morgan fingerprint density at radius 1 is 1.14 bits per heavy atom. The first-order chi connectivity index (χ1) is 10.2. The summed E-state index contributed by atoms with van der Waals surface area (Å²) in [6.45, 7) is 0.442. The third-order valence-corrected chi connectivity index (χ3v) is 2.97. The fraction of sp³-hybridized carbons (Fsp3) is 0.0667. The molecule has 0 aliphatic carbocycles. The van der Waals surface area contributed by atoms with Crippen LogP contribution in [0, 0.1) is 0 Å². The van der Waals surface area contributed by atoms with Gasteiger partial charge >= 0.3 is 11.8 Å². The molecule has 0 spiro atoms. The largest absolute Gasteiger partial charge is 0.417 e. The van der Waals surface area contributed by atoms with Gasteiger partial charge in [-0.05, 0) is 23.8 Å². The Morgan fingerprint density at radius 2 is 1.95 bits per heavy atom. The van der Waals surface area contributed by atoms with E-state index in [0.29, 0.717) is 23.3 Å². The Labute approximate surface area is 119 Å². The van der Waals surface area contributed by atoms with Crippen LogP contribution in [0.5, 0.6) is 0 Å². The van der Waals surface area contributed by atoms with Crippen molar-refractivity contribution in [3.05, 3.63) is 64.6 Å². The summed E-state index contributed by atoms with van der Waals surface area (Å²) in [7, 11) is 0. The van der Waals surface area contributed by atoms with Crippen LogP contribution in [0.2, 0.25) is 0 Å². The first kappa shape index (κ1) is 13.0. The molecule has 0 saturated carbocycles. The van der Waals surface area contributed by atoms with Crippen LogP contribution in [0.3, 0.4) is 0 Å². The average Bonchev–Trinajstić information content (AvgIpc) is 2.85. The van der Waals surface area contributed by atoms with Gasteiger partial charge in [-0.25, -0.2) is 9.59 Å². The molecule has 1 aromatic heterocycles. The highest BCUT2D eigenvalue weighted by molar-refractivity contribution is 5.91. The number of oxazole rings is 1. The molecule has 0 fully saturated rings. The van der Waals surface area contributed by atoms with Crippen molar-refractivity contribution in [1.82, 2.24) is 10.3 Å². The Balaban J connectivity index is 1.64. The molecule has 3 aromatic rings. The predicted octanol–water partition coefficient (Wildman–Crippen LogP) is 2.44. The quantitative estimate of drug-likeness (QED) is 0.690. The molecule has 6 nitrogen and oxygen atoms in total. The maximum Gasteiger partial charge on any atom is 0.417 e. The Bertz CT molecular complexity index is 821. The molecule has 3 rings (SSSR count). The van der Waals surface area contributed by atoms with Crippen LogP contribution in [0.25, 0.3) is 11.1 Å². The van der Waals surface area contributed by atoms with E-state index in [1.54, 1.807) is 18.2 Å². The van der Waals surface area contributed by atoms with Gasteiger partial charge in [0.1, 0.15) is 0 Å². The van der Waals surface area contributed by atoms with E-state index >= 15 is 0 Å². The second-order valence-corrected chi connectivity index (χ2v) is 4.52. The van der Waals surface area contributed by atoms with E-state index in [0.717, 1.165) is 5.56 Å². The summed E-state index contributed by atoms with van der Waals surface area (Å²) in [5.41, 5.74) is 2.59. The molecule has 0 unspecified atom stereocenters. The number of hydrogen-bond acceptors (Lipinski definition) is 3. The van der Waals surface area contributed by atoms with Gasteiger partial charge in [0.15, 0.2) is 5.58 Å². The average molecular weight is 283 g/mol. The maximum absolute atomic E-state index is 11.8. The number of carbonyl (C=O) groups excluding carboxylic acids is 1. The predicted molar refractivity (Wildman–Crippen MR) is 79.1 cm³/mol. The molecule has 0 saturated heterocycles. The van der Waals surface area contributed by atoms with Crippen LogP contribution in [0.15, 0.2) is 57.7 Å². The highest BCUT2D eigenvalue weighted by Gasteiger charge is 2.05. The first-order valence-corrected chi connectivity index (χ1v) is 6.42. The van der Waals surface area contributed by atoms with Crippen molar-refractivity contribution >= 4 is 22.8 Å². The number of benzene rings is 2. The van der Waals surface area contributed by atoms with E-state index in [2.05, 4.69) is 15.6 Å². The molecule has 0 aliphatic heterocycles. The Hall–Kier alpha value is -3.02. The number of fused-ring (bicyclic) bond motifs is 1. The van der Waals surface area contributed by atoms with Crippen LogP contribution < -0.4 is 16.4 Å². The van der Waals surface area contributed by atoms with Crippen LogP contribution in [-0.4, -0.2) is 11.0 Å². The fourth-order valence-corrected chi connectivity index (χ4v) is 1.98. The second kappa shape index (κ2) is 5.54. The van der Waals surface area contributed by atoms with E-state index in [1.807, 2.05) is 30.3 Å². The number of hydrogen-bond donors (Lipinski definition) is 3. The van der Waals surface area contributed by atoms with Gasteiger partial charge in [-0.2, -0.15) is 0 Å². The molecule has 0 atom stereocenters. The minimum atomic E-state index is -0.518. The van der Waals surface area contributed by atoms with Crippen molar-refractivity contribution in [3.63, 3.8) is 0 Å². The molecular weight excluding hydrogens is 270 g/mol. The van der Waals surface area contributed by atoms with Crippen molar-refractivity contribution in [1.29, 1.82) is 0 Å². The number of rotatable bonds is 3. The molecular formula is C15H13N3O3. The van der Waals surface area contributed by atoms with Gasteiger partial charge in [-0.15, -0.1) is 0 Å².